The summed E-state index contributed by atoms with van der Waals surface area (Å²) < 4.78 is 0. The molecule has 0 saturated heterocycles. The Morgan fingerprint density at radius 2 is 2.31 bits per heavy atom. The van der Waals surface area contributed by atoms with E-state index in [4.69, 9.17) is 10.8 Å². The van der Waals surface area contributed by atoms with Gasteiger partial charge in [-0.15, -0.1) is 0 Å². The fourth-order valence-electron chi connectivity index (χ4n) is 1.14. The third-order valence-corrected chi connectivity index (χ3v) is 2.33. The van der Waals surface area contributed by atoms with Crippen LogP contribution >= 0.6 is 0 Å². The monoisotopic (exact) mass is 186 g/mol. The van der Waals surface area contributed by atoms with Crippen LogP contribution in [0.1, 0.15) is 32.6 Å². The fourth-order valence-corrected chi connectivity index (χ4v) is 1.14. The molecule has 1 saturated carbocycles. The molecule has 4 nitrogen and oxygen atoms in total. The molecule has 1 atom stereocenters. The number of nitrogens with one attached hydrogen (secondary N) is 1. The molecule has 0 aromatic rings. The van der Waals surface area contributed by atoms with Gasteiger partial charge in [-0.2, -0.15) is 0 Å². The van der Waals surface area contributed by atoms with E-state index < -0.39 is 5.54 Å². The summed E-state index contributed by atoms with van der Waals surface area (Å²) in [6.45, 7) is 2.36. The summed E-state index contributed by atoms with van der Waals surface area (Å²) in [7, 11) is 0. The molecule has 0 aromatic heterocycles. The zero-order valence-electron chi connectivity index (χ0n) is 8.05. The second-order valence-electron chi connectivity index (χ2n) is 3.90. The predicted octanol–water partition coefficient (Wildman–Crippen LogP) is -0.245. The molecule has 1 unspecified atom stereocenters. The van der Waals surface area contributed by atoms with E-state index in [1.807, 2.05) is 0 Å². The van der Waals surface area contributed by atoms with E-state index in [0.717, 1.165) is 25.7 Å². The number of aliphatic hydroxyl groups is 1. The van der Waals surface area contributed by atoms with Gasteiger partial charge in [0.2, 0.25) is 5.91 Å². The van der Waals surface area contributed by atoms with Crippen LogP contribution in [-0.4, -0.2) is 29.2 Å². The minimum atomic E-state index is -0.565. The highest BCUT2D eigenvalue weighted by molar-refractivity contribution is 5.88. The smallest absolute Gasteiger partial charge is 0.240 e. The first-order chi connectivity index (χ1) is 6.04. The average molecular weight is 186 g/mol. The molecule has 1 aliphatic rings. The third-order valence-electron chi connectivity index (χ3n) is 2.33. The van der Waals surface area contributed by atoms with Crippen molar-refractivity contribution in [2.45, 2.75) is 44.2 Å². The summed E-state index contributed by atoms with van der Waals surface area (Å²) in [4.78, 5) is 11.3. The molecule has 0 heterocycles. The molecule has 4 N–H and O–H groups in total. The van der Waals surface area contributed by atoms with Gasteiger partial charge in [-0.3, -0.25) is 4.79 Å². The molecule has 1 amide bonds. The largest absolute Gasteiger partial charge is 0.393 e. The molecule has 1 rings (SSSR count). The molecule has 1 aliphatic carbocycles. The van der Waals surface area contributed by atoms with Crippen molar-refractivity contribution in [2.75, 3.05) is 6.54 Å². The highest BCUT2D eigenvalue weighted by atomic mass is 16.3. The number of nitrogens with two attached hydrogens (primary N) is 1. The maximum Gasteiger partial charge on any atom is 0.240 e. The van der Waals surface area contributed by atoms with Gasteiger partial charge in [-0.25, -0.2) is 0 Å². The highest BCUT2D eigenvalue weighted by Gasteiger charge is 2.45. The Labute approximate surface area is 78.5 Å². The lowest BCUT2D eigenvalue weighted by Crippen LogP contribution is -2.43. The molecule has 0 bridgehead atoms. The minimum absolute atomic E-state index is 0.0434. The Kier molecular flexibility index (Phi) is 3.27. The van der Waals surface area contributed by atoms with E-state index in [2.05, 4.69) is 5.32 Å². The number of hydrogen-bond acceptors (Lipinski definition) is 3. The maximum atomic E-state index is 11.3. The van der Waals surface area contributed by atoms with E-state index in [9.17, 15) is 4.79 Å². The van der Waals surface area contributed by atoms with E-state index in [1.165, 1.54) is 0 Å². The SMILES string of the molecule is CC(O)CCCNC(=O)C1(N)CC1. The molecule has 4 heteroatoms. The van der Waals surface area contributed by atoms with Gasteiger partial charge < -0.3 is 16.2 Å². The van der Waals surface area contributed by atoms with E-state index in [-0.39, 0.29) is 12.0 Å². The van der Waals surface area contributed by atoms with Crippen LogP contribution in [0.3, 0.4) is 0 Å². The number of carbonyl (C=O) groups is 1. The summed E-state index contributed by atoms with van der Waals surface area (Å²) in [5.74, 6) is -0.0434. The van der Waals surface area contributed by atoms with Crippen LogP contribution in [0.15, 0.2) is 0 Å². The number of carbonyl (C=O) groups excluding carboxylic acids is 1. The van der Waals surface area contributed by atoms with Gasteiger partial charge >= 0.3 is 0 Å². The summed E-state index contributed by atoms with van der Waals surface area (Å²) in [5.41, 5.74) is 5.11. The van der Waals surface area contributed by atoms with Crippen molar-refractivity contribution in [2.24, 2.45) is 5.73 Å². The predicted molar refractivity (Wildman–Crippen MR) is 50.1 cm³/mol. The zero-order chi connectivity index (χ0) is 9.90. The number of rotatable bonds is 5. The molecule has 76 valence electrons. The molecular weight excluding hydrogens is 168 g/mol. The first kappa shape index (κ1) is 10.5. The van der Waals surface area contributed by atoms with Crippen LogP contribution in [0.4, 0.5) is 0 Å². The van der Waals surface area contributed by atoms with Gasteiger partial charge in [0.25, 0.3) is 0 Å². The molecule has 1 fully saturated rings. The summed E-state index contributed by atoms with van der Waals surface area (Å²) in [6.07, 6.45) is 2.84. The average Bonchev–Trinajstić information content (AvgIpc) is 2.78. The summed E-state index contributed by atoms with van der Waals surface area (Å²) in [6, 6.07) is 0. The number of aliphatic hydroxyl groups excluding tert-OH is 1. The molecule has 0 aromatic carbocycles. The van der Waals surface area contributed by atoms with Crippen molar-refractivity contribution in [1.82, 2.24) is 5.32 Å². The number of hydrogen-bond donors (Lipinski definition) is 3. The van der Waals surface area contributed by atoms with Crippen LogP contribution in [0, 0.1) is 0 Å². The van der Waals surface area contributed by atoms with Crippen molar-refractivity contribution < 1.29 is 9.90 Å². The Bertz CT molecular complexity index is 188. The summed E-state index contributed by atoms with van der Waals surface area (Å²) >= 11 is 0. The van der Waals surface area contributed by atoms with Crippen LogP contribution in [0.5, 0.6) is 0 Å². The lowest BCUT2D eigenvalue weighted by molar-refractivity contribution is -0.123. The summed E-state index contributed by atoms with van der Waals surface area (Å²) in [5, 5.41) is 11.7. The van der Waals surface area contributed by atoms with Crippen molar-refractivity contribution in [3.8, 4) is 0 Å². The quantitative estimate of drug-likeness (QED) is 0.518. The van der Waals surface area contributed by atoms with Gasteiger partial charge in [0.1, 0.15) is 0 Å². The lowest BCUT2D eigenvalue weighted by atomic mass is 10.2. The first-order valence-electron chi connectivity index (χ1n) is 4.80. The normalized spacial score (nSPS) is 20.8. The van der Waals surface area contributed by atoms with Crippen molar-refractivity contribution in [3.63, 3.8) is 0 Å². The topological polar surface area (TPSA) is 75.3 Å². The van der Waals surface area contributed by atoms with Crippen molar-refractivity contribution in [1.29, 1.82) is 0 Å². The van der Waals surface area contributed by atoms with Gasteiger partial charge in [-0.1, -0.05) is 0 Å². The number of amides is 1. The Morgan fingerprint density at radius 1 is 1.69 bits per heavy atom. The van der Waals surface area contributed by atoms with Crippen LogP contribution in [-0.2, 0) is 4.79 Å². The Balaban J connectivity index is 2.03. The standard InChI is InChI=1S/C9H18N2O2/c1-7(12)3-2-6-11-8(13)9(10)4-5-9/h7,12H,2-6,10H2,1H3,(H,11,13). The van der Waals surface area contributed by atoms with Crippen LogP contribution in [0.25, 0.3) is 0 Å². The molecule has 0 radical (unpaired) electrons. The van der Waals surface area contributed by atoms with Crippen molar-refractivity contribution >= 4 is 5.91 Å². The Morgan fingerprint density at radius 3 is 2.77 bits per heavy atom. The fraction of sp³-hybridized carbons (Fsp3) is 0.889. The second kappa shape index (κ2) is 4.07. The molecule has 0 aliphatic heterocycles. The van der Waals surface area contributed by atoms with Gasteiger partial charge in [0.05, 0.1) is 11.6 Å². The second-order valence-corrected chi connectivity index (χ2v) is 3.90. The molecule has 13 heavy (non-hydrogen) atoms. The van der Waals surface area contributed by atoms with Crippen LogP contribution in [0.2, 0.25) is 0 Å². The Hall–Kier alpha value is -0.610. The molecular formula is C9H18N2O2. The minimum Gasteiger partial charge on any atom is -0.393 e. The van der Waals surface area contributed by atoms with Gasteiger partial charge in [0.15, 0.2) is 0 Å². The maximum absolute atomic E-state index is 11.3. The van der Waals surface area contributed by atoms with Gasteiger partial charge in [0, 0.05) is 6.54 Å². The van der Waals surface area contributed by atoms with Crippen LogP contribution < -0.4 is 11.1 Å². The van der Waals surface area contributed by atoms with Gasteiger partial charge in [-0.05, 0) is 32.6 Å². The third kappa shape index (κ3) is 3.32. The molecule has 0 spiro atoms. The zero-order valence-corrected chi connectivity index (χ0v) is 8.05. The lowest BCUT2D eigenvalue weighted by Gasteiger charge is -2.10. The first-order valence-corrected chi connectivity index (χ1v) is 4.80. The van der Waals surface area contributed by atoms with E-state index >= 15 is 0 Å². The van der Waals surface area contributed by atoms with E-state index in [0.29, 0.717) is 6.54 Å². The van der Waals surface area contributed by atoms with Crippen molar-refractivity contribution in [3.05, 3.63) is 0 Å². The highest BCUT2D eigenvalue weighted by Crippen LogP contribution is 2.31. The van der Waals surface area contributed by atoms with E-state index in [1.54, 1.807) is 6.92 Å².